The van der Waals surface area contributed by atoms with Crippen molar-refractivity contribution in [3.63, 3.8) is 0 Å². The largest absolute Gasteiger partial charge is 0.494 e. The van der Waals surface area contributed by atoms with Crippen molar-refractivity contribution >= 4 is 34.3 Å². The van der Waals surface area contributed by atoms with Crippen LogP contribution in [-0.2, 0) is 0 Å². The molecule has 3 aromatic rings. The van der Waals surface area contributed by atoms with Crippen molar-refractivity contribution < 1.29 is 9.90 Å². The minimum Gasteiger partial charge on any atom is -0.494 e. The lowest BCUT2D eigenvalue weighted by atomic mass is 10.1. The second-order valence-electron chi connectivity index (χ2n) is 7.32. The Bertz CT molecular complexity index is 1090. The molecule has 138 valence electrons. The van der Waals surface area contributed by atoms with E-state index in [2.05, 4.69) is 24.0 Å². The molecule has 1 amide bonds. The molecule has 3 aromatic heterocycles. The van der Waals surface area contributed by atoms with Gasteiger partial charge in [-0.15, -0.1) is 22.7 Å². The SMILES string of the molecule is Cc1ccc(C2=NC(=O)c3c2c(O)n(C2CCCC2)c3-c2ccc(C)s2)s1. The molecule has 0 saturated heterocycles. The molecular weight excluding hydrogens is 376 g/mol. The zero-order valence-electron chi connectivity index (χ0n) is 15.3. The number of thiophene rings is 2. The smallest absolute Gasteiger partial charge is 0.280 e. The van der Waals surface area contributed by atoms with E-state index in [1.54, 1.807) is 22.7 Å². The molecule has 4 nitrogen and oxygen atoms in total. The van der Waals surface area contributed by atoms with Gasteiger partial charge < -0.3 is 9.67 Å². The number of nitrogens with zero attached hydrogens (tertiary/aromatic N) is 2. The summed E-state index contributed by atoms with van der Waals surface area (Å²) in [6.07, 6.45) is 4.40. The predicted octanol–water partition coefficient (Wildman–Crippen LogP) is 5.71. The summed E-state index contributed by atoms with van der Waals surface area (Å²) in [4.78, 5) is 21.6. The lowest BCUT2D eigenvalue weighted by Crippen LogP contribution is -2.08. The second kappa shape index (κ2) is 6.17. The quantitative estimate of drug-likeness (QED) is 0.617. The monoisotopic (exact) mass is 396 g/mol. The fourth-order valence-electron chi connectivity index (χ4n) is 4.28. The number of aromatic nitrogens is 1. The molecule has 1 saturated carbocycles. The van der Waals surface area contributed by atoms with Crippen molar-refractivity contribution in [3.8, 4) is 16.5 Å². The number of aryl methyl sites for hydroxylation is 2. The van der Waals surface area contributed by atoms with E-state index in [1.165, 1.54) is 4.88 Å². The average Bonchev–Trinajstić information content (AvgIpc) is 3.40. The van der Waals surface area contributed by atoms with Gasteiger partial charge in [0.15, 0.2) is 0 Å². The van der Waals surface area contributed by atoms with Crippen molar-refractivity contribution in [2.24, 2.45) is 4.99 Å². The minimum absolute atomic E-state index is 0.202. The first-order chi connectivity index (χ1) is 13.0. The van der Waals surface area contributed by atoms with Crippen molar-refractivity contribution in [1.82, 2.24) is 4.57 Å². The lowest BCUT2D eigenvalue weighted by Gasteiger charge is -2.17. The highest BCUT2D eigenvalue weighted by Crippen LogP contribution is 2.47. The molecular formula is C21H20N2O2S2. The number of aromatic hydroxyl groups is 1. The summed E-state index contributed by atoms with van der Waals surface area (Å²) in [5.41, 5.74) is 2.67. The summed E-state index contributed by atoms with van der Waals surface area (Å²) in [5, 5.41) is 11.3. The van der Waals surface area contributed by atoms with Crippen molar-refractivity contribution in [2.75, 3.05) is 0 Å². The van der Waals surface area contributed by atoms with E-state index in [9.17, 15) is 9.90 Å². The predicted molar refractivity (Wildman–Crippen MR) is 111 cm³/mol. The first-order valence-corrected chi connectivity index (χ1v) is 10.9. The van der Waals surface area contributed by atoms with Gasteiger partial charge in [-0.05, 0) is 51.0 Å². The maximum atomic E-state index is 12.9. The Morgan fingerprint density at radius 2 is 1.63 bits per heavy atom. The number of rotatable bonds is 3. The van der Waals surface area contributed by atoms with Crippen LogP contribution in [0.2, 0.25) is 0 Å². The molecule has 2 aliphatic rings. The van der Waals surface area contributed by atoms with E-state index in [-0.39, 0.29) is 17.8 Å². The Kier molecular flexibility index (Phi) is 3.88. The summed E-state index contributed by atoms with van der Waals surface area (Å²) >= 11 is 3.27. The van der Waals surface area contributed by atoms with Gasteiger partial charge in [0.05, 0.1) is 32.3 Å². The Morgan fingerprint density at radius 1 is 1.00 bits per heavy atom. The third kappa shape index (κ3) is 2.54. The van der Waals surface area contributed by atoms with Crippen LogP contribution in [0.25, 0.3) is 10.6 Å². The first kappa shape index (κ1) is 17.0. The van der Waals surface area contributed by atoms with Crippen LogP contribution in [0.1, 0.15) is 62.3 Å². The van der Waals surface area contributed by atoms with Crippen molar-refractivity contribution in [3.05, 3.63) is 50.0 Å². The molecule has 0 unspecified atom stereocenters. The number of carbonyl (C=O) groups is 1. The summed E-state index contributed by atoms with van der Waals surface area (Å²) in [5.74, 6) is -0.0345. The second-order valence-corrected chi connectivity index (χ2v) is 9.89. The van der Waals surface area contributed by atoms with Gasteiger partial charge in [0.25, 0.3) is 5.91 Å². The molecule has 0 spiro atoms. The highest BCUT2D eigenvalue weighted by molar-refractivity contribution is 7.15. The van der Waals surface area contributed by atoms with Crippen LogP contribution in [0.15, 0.2) is 29.3 Å². The average molecular weight is 397 g/mol. The molecule has 1 aliphatic carbocycles. The number of hydrogen-bond donors (Lipinski definition) is 1. The van der Waals surface area contributed by atoms with Crippen LogP contribution in [0.3, 0.4) is 0 Å². The topological polar surface area (TPSA) is 54.6 Å². The number of amides is 1. The molecule has 6 heteroatoms. The number of carbonyl (C=O) groups excluding carboxylic acids is 1. The van der Waals surface area contributed by atoms with Gasteiger partial charge in [0.2, 0.25) is 5.88 Å². The Labute approximate surface area is 165 Å². The van der Waals surface area contributed by atoms with E-state index in [0.717, 1.165) is 46.0 Å². The van der Waals surface area contributed by atoms with Gasteiger partial charge >= 0.3 is 0 Å². The van der Waals surface area contributed by atoms with E-state index in [1.807, 2.05) is 23.6 Å². The standard InChI is InChI=1S/C21H20N2O2S2/c1-11-7-9-14(26-11)18-16-17(20(24)22-18)19(15-10-8-12(2)27-15)23(21(16)25)13-5-3-4-6-13/h7-10,13,25H,3-6H2,1-2H3. The van der Waals surface area contributed by atoms with E-state index in [4.69, 9.17) is 0 Å². The fraction of sp³-hybridized carbons (Fsp3) is 0.333. The van der Waals surface area contributed by atoms with E-state index < -0.39 is 0 Å². The molecule has 0 radical (unpaired) electrons. The van der Waals surface area contributed by atoms with Gasteiger partial charge in [0, 0.05) is 15.8 Å². The number of aliphatic imine (C=N–C) groups is 1. The molecule has 5 rings (SSSR count). The number of hydrogen-bond acceptors (Lipinski definition) is 4. The molecule has 1 fully saturated rings. The lowest BCUT2D eigenvalue weighted by molar-refractivity contribution is 0.101. The van der Waals surface area contributed by atoms with Crippen LogP contribution in [-0.4, -0.2) is 21.3 Å². The Morgan fingerprint density at radius 3 is 2.22 bits per heavy atom. The van der Waals surface area contributed by atoms with Gasteiger partial charge in [-0.2, -0.15) is 0 Å². The first-order valence-electron chi connectivity index (χ1n) is 9.28. The normalized spacial score (nSPS) is 17.0. The zero-order valence-corrected chi connectivity index (χ0v) is 16.9. The highest BCUT2D eigenvalue weighted by atomic mass is 32.1. The fourth-order valence-corrected chi connectivity index (χ4v) is 6.06. The third-order valence-corrected chi connectivity index (χ3v) is 7.50. The van der Waals surface area contributed by atoms with Crippen LogP contribution in [0.5, 0.6) is 5.88 Å². The Hall–Kier alpha value is -2.18. The van der Waals surface area contributed by atoms with Crippen molar-refractivity contribution in [2.45, 2.75) is 45.6 Å². The maximum absolute atomic E-state index is 12.9. The van der Waals surface area contributed by atoms with Crippen LogP contribution >= 0.6 is 22.7 Å². The zero-order chi connectivity index (χ0) is 18.7. The molecule has 1 aliphatic heterocycles. The summed E-state index contributed by atoms with van der Waals surface area (Å²) in [7, 11) is 0. The number of fused-ring (bicyclic) bond motifs is 1. The summed E-state index contributed by atoms with van der Waals surface area (Å²) < 4.78 is 2.02. The molecule has 0 aromatic carbocycles. The minimum atomic E-state index is -0.237. The van der Waals surface area contributed by atoms with Crippen LogP contribution in [0, 0.1) is 13.8 Å². The molecule has 0 bridgehead atoms. The maximum Gasteiger partial charge on any atom is 0.280 e. The van der Waals surface area contributed by atoms with Gasteiger partial charge in [0.1, 0.15) is 0 Å². The van der Waals surface area contributed by atoms with Gasteiger partial charge in [-0.3, -0.25) is 4.79 Å². The van der Waals surface area contributed by atoms with Crippen molar-refractivity contribution in [1.29, 1.82) is 0 Å². The highest BCUT2D eigenvalue weighted by Gasteiger charge is 2.39. The third-order valence-electron chi connectivity index (χ3n) is 5.48. The summed E-state index contributed by atoms with van der Waals surface area (Å²) in [6.45, 7) is 4.10. The Balaban J connectivity index is 1.77. The van der Waals surface area contributed by atoms with E-state index in [0.29, 0.717) is 16.8 Å². The molecule has 1 N–H and O–H groups in total. The van der Waals surface area contributed by atoms with E-state index >= 15 is 0 Å². The van der Waals surface area contributed by atoms with Gasteiger partial charge in [-0.25, -0.2) is 4.99 Å². The summed E-state index contributed by atoms with van der Waals surface area (Å²) in [6, 6.07) is 8.38. The molecule has 0 atom stereocenters. The molecule has 27 heavy (non-hydrogen) atoms. The van der Waals surface area contributed by atoms with Crippen LogP contribution < -0.4 is 0 Å². The molecule has 4 heterocycles. The van der Waals surface area contributed by atoms with Crippen LogP contribution in [0.4, 0.5) is 0 Å². The van der Waals surface area contributed by atoms with Gasteiger partial charge in [-0.1, -0.05) is 12.8 Å².